The molecule has 0 radical (unpaired) electrons. The van der Waals surface area contributed by atoms with Crippen LogP contribution in [0.3, 0.4) is 0 Å². The summed E-state index contributed by atoms with van der Waals surface area (Å²) in [5, 5.41) is 13.0. The van der Waals surface area contributed by atoms with Crippen molar-refractivity contribution >= 4 is 0 Å². The number of rotatable bonds is 13. The predicted molar refractivity (Wildman–Crippen MR) is 81.0 cm³/mol. The van der Waals surface area contributed by atoms with Crippen molar-refractivity contribution in [1.29, 1.82) is 0 Å². The SMILES string of the molecule is CCCCCCCCCCNC(CC)(CC)CO. The Morgan fingerprint density at radius 2 is 1.28 bits per heavy atom. The van der Waals surface area contributed by atoms with Crippen LogP contribution in [0.1, 0.15) is 85.0 Å². The van der Waals surface area contributed by atoms with E-state index in [1.165, 1.54) is 51.4 Å². The van der Waals surface area contributed by atoms with Gasteiger partial charge in [0.1, 0.15) is 0 Å². The molecule has 110 valence electrons. The lowest BCUT2D eigenvalue weighted by atomic mass is 9.93. The van der Waals surface area contributed by atoms with Gasteiger partial charge in [0.05, 0.1) is 6.61 Å². The molecule has 0 aromatic rings. The first kappa shape index (κ1) is 17.9. The molecular formula is C16H35NO. The second-order valence-corrected chi connectivity index (χ2v) is 5.55. The summed E-state index contributed by atoms with van der Waals surface area (Å²) in [5.74, 6) is 0. The highest BCUT2D eigenvalue weighted by Crippen LogP contribution is 2.14. The van der Waals surface area contributed by atoms with Gasteiger partial charge in [-0.25, -0.2) is 0 Å². The molecule has 0 aliphatic carbocycles. The van der Waals surface area contributed by atoms with Crippen molar-refractivity contribution in [3.63, 3.8) is 0 Å². The smallest absolute Gasteiger partial charge is 0.0613 e. The lowest BCUT2D eigenvalue weighted by Crippen LogP contribution is -2.47. The summed E-state index contributed by atoms with van der Waals surface area (Å²) in [5.41, 5.74) is -0.0267. The predicted octanol–water partition coefficient (Wildman–Crippen LogP) is 4.27. The first-order chi connectivity index (χ1) is 8.74. The van der Waals surface area contributed by atoms with Crippen molar-refractivity contribution in [3.8, 4) is 0 Å². The molecule has 0 aliphatic rings. The van der Waals surface area contributed by atoms with E-state index in [2.05, 4.69) is 26.1 Å². The minimum Gasteiger partial charge on any atom is -0.394 e. The molecule has 0 aromatic carbocycles. The molecule has 0 unspecified atom stereocenters. The Morgan fingerprint density at radius 3 is 1.72 bits per heavy atom. The largest absolute Gasteiger partial charge is 0.394 e. The lowest BCUT2D eigenvalue weighted by molar-refractivity contribution is 0.150. The second kappa shape index (κ2) is 12.0. The average molecular weight is 257 g/mol. The Labute approximate surface area is 115 Å². The summed E-state index contributed by atoms with van der Waals surface area (Å²) in [6.07, 6.45) is 12.9. The summed E-state index contributed by atoms with van der Waals surface area (Å²) in [4.78, 5) is 0. The number of hydrogen-bond donors (Lipinski definition) is 2. The quantitative estimate of drug-likeness (QED) is 0.483. The third-order valence-electron chi connectivity index (χ3n) is 4.19. The van der Waals surface area contributed by atoms with Crippen LogP contribution < -0.4 is 5.32 Å². The van der Waals surface area contributed by atoms with Crippen LogP contribution in [0, 0.1) is 0 Å². The highest BCUT2D eigenvalue weighted by atomic mass is 16.3. The van der Waals surface area contributed by atoms with E-state index in [9.17, 15) is 5.11 Å². The van der Waals surface area contributed by atoms with Gasteiger partial charge in [-0.15, -0.1) is 0 Å². The van der Waals surface area contributed by atoms with Crippen LogP contribution in [0.5, 0.6) is 0 Å². The normalized spacial score (nSPS) is 12.0. The lowest BCUT2D eigenvalue weighted by Gasteiger charge is -2.31. The van der Waals surface area contributed by atoms with Gasteiger partial charge in [-0.05, 0) is 25.8 Å². The third kappa shape index (κ3) is 8.10. The standard InChI is InChI=1S/C16H35NO/c1-4-7-8-9-10-11-12-13-14-17-16(5-2,6-3)15-18/h17-18H,4-15H2,1-3H3. The second-order valence-electron chi connectivity index (χ2n) is 5.55. The summed E-state index contributed by atoms with van der Waals surface area (Å²) >= 11 is 0. The molecule has 18 heavy (non-hydrogen) atoms. The van der Waals surface area contributed by atoms with E-state index in [1.807, 2.05) is 0 Å². The fourth-order valence-corrected chi connectivity index (χ4v) is 2.39. The topological polar surface area (TPSA) is 32.3 Å². The maximum absolute atomic E-state index is 9.44. The van der Waals surface area contributed by atoms with E-state index in [0.717, 1.165) is 19.4 Å². The number of nitrogens with one attached hydrogen (secondary N) is 1. The third-order valence-corrected chi connectivity index (χ3v) is 4.19. The Kier molecular flexibility index (Phi) is 11.9. The number of aliphatic hydroxyl groups excluding tert-OH is 1. The maximum atomic E-state index is 9.44. The summed E-state index contributed by atoms with van der Waals surface area (Å²) in [7, 11) is 0. The first-order valence-corrected chi connectivity index (χ1v) is 8.10. The van der Waals surface area contributed by atoms with E-state index in [-0.39, 0.29) is 12.1 Å². The average Bonchev–Trinajstić information content (AvgIpc) is 2.42. The highest BCUT2D eigenvalue weighted by Gasteiger charge is 2.23. The van der Waals surface area contributed by atoms with E-state index >= 15 is 0 Å². The molecule has 0 saturated heterocycles. The molecule has 0 rings (SSSR count). The van der Waals surface area contributed by atoms with Crippen LogP contribution in [-0.2, 0) is 0 Å². The van der Waals surface area contributed by atoms with Gasteiger partial charge in [0, 0.05) is 5.54 Å². The summed E-state index contributed by atoms with van der Waals surface area (Å²) < 4.78 is 0. The Morgan fingerprint density at radius 1 is 0.778 bits per heavy atom. The van der Waals surface area contributed by atoms with Crippen LogP contribution in [0.25, 0.3) is 0 Å². The van der Waals surface area contributed by atoms with Crippen molar-refractivity contribution in [3.05, 3.63) is 0 Å². The van der Waals surface area contributed by atoms with Gasteiger partial charge in [0.2, 0.25) is 0 Å². The van der Waals surface area contributed by atoms with Gasteiger partial charge in [-0.2, -0.15) is 0 Å². The molecule has 0 amide bonds. The van der Waals surface area contributed by atoms with E-state index in [4.69, 9.17) is 0 Å². The minimum atomic E-state index is -0.0267. The fraction of sp³-hybridized carbons (Fsp3) is 1.00. The number of unbranched alkanes of at least 4 members (excludes halogenated alkanes) is 7. The van der Waals surface area contributed by atoms with Crippen LogP contribution in [-0.4, -0.2) is 23.8 Å². The zero-order valence-electron chi connectivity index (χ0n) is 12.9. The van der Waals surface area contributed by atoms with Gasteiger partial charge in [0.25, 0.3) is 0 Å². The van der Waals surface area contributed by atoms with Crippen molar-refractivity contribution in [2.45, 2.75) is 90.5 Å². The zero-order chi connectivity index (χ0) is 13.7. The number of aliphatic hydroxyl groups is 1. The van der Waals surface area contributed by atoms with E-state index < -0.39 is 0 Å². The van der Waals surface area contributed by atoms with Gasteiger partial charge in [0.15, 0.2) is 0 Å². The minimum absolute atomic E-state index is 0.0267. The van der Waals surface area contributed by atoms with Crippen molar-refractivity contribution in [2.75, 3.05) is 13.2 Å². The van der Waals surface area contributed by atoms with Gasteiger partial charge < -0.3 is 10.4 Å². The van der Waals surface area contributed by atoms with Gasteiger partial charge in [-0.3, -0.25) is 0 Å². The van der Waals surface area contributed by atoms with Crippen LogP contribution in [0.2, 0.25) is 0 Å². The molecule has 2 N–H and O–H groups in total. The van der Waals surface area contributed by atoms with Crippen molar-refractivity contribution in [2.24, 2.45) is 0 Å². The van der Waals surface area contributed by atoms with Crippen LogP contribution in [0.4, 0.5) is 0 Å². The molecule has 0 aromatic heterocycles. The van der Waals surface area contributed by atoms with E-state index in [1.54, 1.807) is 0 Å². The Balaban J connectivity index is 3.38. The van der Waals surface area contributed by atoms with Crippen molar-refractivity contribution in [1.82, 2.24) is 5.32 Å². The molecule has 0 atom stereocenters. The van der Waals surface area contributed by atoms with E-state index in [0.29, 0.717) is 0 Å². The van der Waals surface area contributed by atoms with Crippen molar-refractivity contribution < 1.29 is 5.11 Å². The molecule has 0 aliphatic heterocycles. The fourth-order valence-electron chi connectivity index (χ4n) is 2.39. The summed E-state index contributed by atoms with van der Waals surface area (Å²) in [6, 6.07) is 0. The summed E-state index contributed by atoms with van der Waals surface area (Å²) in [6.45, 7) is 7.88. The monoisotopic (exact) mass is 257 g/mol. The molecule has 0 saturated carbocycles. The molecule has 0 spiro atoms. The molecule has 0 bridgehead atoms. The Bertz CT molecular complexity index is 158. The molecular weight excluding hydrogens is 222 g/mol. The molecule has 2 heteroatoms. The van der Waals surface area contributed by atoms with Crippen LogP contribution >= 0.6 is 0 Å². The molecule has 2 nitrogen and oxygen atoms in total. The molecule has 0 fully saturated rings. The number of hydrogen-bond acceptors (Lipinski definition) is 2. The maximum Gasteiger partial charge on any atom is 0.0613 e. The first-order valence-electron chi connectivity index (χ1n) is 8.10. The Hall–Kier alpha value is -0.0800. The highest BCUT2D eigenvalue weighted by molar-refractivity contribution is 4.84. The van der Waals surface area contributed by atoms with Gasteiger partial charge >= 0.3 is 0 Å². The van der Waals surface area contributed by atoms with Gasteiger partial charge in [-0.1, -0.05) is 65.7 Å². The zero-order valence-corrected chi connectivity index (χ0v) is 12.9. The molecule has 0 heterocycles. The van der Waals surface area contributed by atoms with Crippen LogP contribution in [0.15, 0.2) is 0 Å².